The number of hydrogen-bond donors (Lipinski definition) is 0. The monoisotopic (exact) mass is 428 g/mol. The number of halogens is 7. The van der Waals surface area contributed by atoms with Gasteiger partial charge in [0.1, 0.15) is 0 Å². The molecule has 0 fully saturated rings. The van der Waals surface area contributed by atoms with Crippen LogP contribution in [-0.4, -0.2) is 6.42 Å². The van der Waals surface area contributed by atoms with Crippen molar-refractivity contribution < 1.29 is 99.6 Å². The van der Waals surface area contributed by atoms with Crippen LogP contribution in [0.2, 0.25) is 0 Å². The fourth-order valence-electron chi connectivity index (χ4n) is 1.39. The third kappa shape index (κ3) is 4.91. The van der Waals surface area contributed by atoms with E-state index in [0.29, 0.717) is 0 Å². The molecule has 0 heterocycles. The summed E-state index contributed by atoms with van der Waals surface area (Å²) in [6.07, 6.45) is -14.6. The van der Waals surface area contributed by atoms with E-state index in [2.05, 4.69) is 0 Å². The first-order valence-corrected chi connectivity index (χ1v) is 4.90. The summed E-state index contributed by atoms with van der Waals surface area (Å²) < 4.78 is 88.6. The van der Waals surface area contributed by atoms with Crippen molar-refractivity contribution in [1.82, 2.24) is 0 Å². The number of nitrogens with zero attached hydrogens (tertiary/aromatic N) is 2. The molecule has 106 valence electrons. The molecule has 0 amide bonds. The van der Waals surface area contributed by atoms with Gasteiger partial charge in [-0.25, -0.2) is 10.5 Å². The Kier molecular flexibility index (Phi) is 6.88. The van der Waals surface area contributed by atoms with Crippen molar-refractivity contribution in [1.29, 1.82) is 10.5 Å². The van der Waals surface area contributed by atoms with E-state index in [0.717, 1.165) is 11.9 Å². The molecule has 0 radical (unpaired) electrons. The van der Waals surface area contributed by atoms with Gasteiger partial charge in [0.2, 0.25) is 0 Å². The molecule has 21 heavy (non-hydrogen) atoms. The van der Waals surface area contributed by atoms with Crippen molar-refractivity contribution in [2.45, 2.75) is 12.4 Å². The SMILES string of the molecule is N#C[B-](F)(C#N)c1cc(C(F)(F)F)cc(C(F)(F)F)c1.[Cs+]. The first-order valence-electron chi connectivity index (χ1n) is 4.90. The Hall–Kier alpha value is -0.173. The topological polar surface area (TPSA) is 47.6 Å². The molecule has 0 saturated carbocycles. The summed E-state index contributed by atoms with van der Waals surface area (Å²) in [6.45, 7) is 0. The second kappa shape index (κ2) is 6.94. The summed E-state index contributed by atoms with van der Waals surface area (Å²) in [4.78, 5) is 0. The maximum Gasteiger partial charge on any atom is 1.00 e. The van der Waals surface area contributed by atoms with Crippen LogP contribution in [0.5, 0.6) is 0 Å². The van der Waals surface area contributed by atoms with Gasteiger partial charge in [0.25, 0.3) is 0 Å². The second-order valence-corrected chi connectivity index (χ2v) is 3.86. The molecule has 0 atom stereocenters. The van der Waals surface area contributed by atoms with Crippen molar-refractivity contribution in [3.05, 3.63) is 29.3 Å². The zero-order valence-electron chi connectivity index (χ0n) is 10.3. The summed E-state index contributed by atoms with van der Waals surface area (Å²) in [5, 5.41) is 16.9. The van der Waals surface area contributed by atoms with Gasteiger partial charge >= 0.3 is 87.7 Å². The van der Waals surface area contributed by atoms with Crippen LogP contribution in [0.3, 0.4) is 0 Å². The van der Waals surface area contributed by atoms with Gasteiger partial charge in [0.15, 0.2) is 0 Å². The molecule has 0 aliphatic heterocycles. The van der Waals surface area contributed by atoms with Crippen LogP contribution >= 0.6 is 0 Å². The van der Waals surface area contributed by atoms with Crippen LogP contribution in [0, 0.1) is 22.5 Å². The Balaban J connectivity index is 0.00000400. The molecule has 0 aliphatic rings. The number of alkyl halides is 6. The molecule has 0 saturated heterocycles. The van der Waals surface area contributed by atoms with E-state index in [9.17, 15) is 30.7 Å². The predicted octanol–water partition coefficient (Wildman–Crippen LogP) is -0.0242. The standard InChI is InChI=1S/C10H3BF7N2.Cs/c12-9(13,14)6-1-7(10(15,16)17)3-8(2-6)11(18,4-19)5-20;/h1-3H;/q-1;+1. The number of rotatable bonds is 1. The maximum absolute atomic E-state index is 13.7. The van der Waals surface area contributed by atoms with Crippen molar-refractivity contribution in [3.63, 3.8) is 0 Å². The molecule has 1 rings (SSSR count). The van der Waals surface area contributed by atoms with Gasteiger partial charge in [-0.15, -0.1) is 5.46 Å². The van der Waals surface area contributed by atoms with E-state index in [1.807, 2.05) is 0 Å². The molecule has 1 aromatic carbocycles. The van der Waals surface area contributed by atoms with E-state index in [4.69, 9.17) is 10.5 Å². The van der Waals surface area contributed by atoms with E-state index in [1.54, 1.807) is 0 Å². The Morgan fingerprint density at radius 1 is 0.810 bits per heavy atom. The zero-order chi connectivity index (χ0) is 15.8. The average Bonchev–Trinajstić information content (AvgIpc) is 2.35. The molecule has 0 unspecified atom stereocenters. The smallest absolute Gasteiger partial charge is 0.476 e. The van der Waals surface area contributed by atoms with Crippen molar-refractivity contribution in [2.24, 2.45) is 0 Å². The van der Waals surface area contributed by atoms with E-state index >= 15 is 0 Å². The summed E-state index contributed by atoms with van der Waals surface area (Å²) in [6, 6.07) is -0.155. The van der Waals surface area contributed by atoms with Gasteiger partial charge in [-0.1, -0.05) is 24.1 Å². The molecule has 2 nitrogen and oxygen atoms in total. The van der Waals surface area contributed by atoms with Gasteiger partial charge in [0.05, 0.1) is 11.1 Å². The summed E-state index contributed by atoms with van der Waals surface area (Å²) in [7, 11) is 0. The van der Waals surface area contributed by atoms with Gasteiger partial charge in [-0.2, -0.15) is 26.3 Å². The van der Waals surface area contributed by atoms with E-state index < -0.39 is 35.4 Å². The molecule has 11 heteroatoms. The molecular formula is C10H3BCsF7N2. The Labute approximate surface area is 173 Å². The van der Waals surface area contributed by atoms with Crippen molar-refractivity contribution in [3.8, 4) is 11.9 Å². The number of benzene rings is 1. The number of hydrogen-bond acceptors (Lipinski definition) is 2. The summed E-state index contributed by atoms with van der Waals surface area (Å²) in [5.74, 6) is 1.60. The van der Waals surface area contributed by atoms with Gasteiger partial charge in [-0.3, -0.25) is 0 Å². The predicted molar refractivity (Wildman–Crippen MR) is 54.2 cm³/mol. The summed E-state index contributed by atoms with van der Waals surface area (Å²) >= 11 is 0. The normalized spacial score (nSPS) is 12.0. The quantitative estimate of drug-likeness (QED) is 0.467. The molecule has 0 aromatic heterocycles. The van der Waals surface area contributed by atoms with Gasteiger partial charge in [0, 0.05) is 0 Å². The first-order chi connectivity index (χ1) is 8.94. The largest absolute Gasteiger partial charge is 1.00 e. The third-order valence-corrected chi connectivity index (χ3v) is 2.43. The van der Waals surface area contributed by atoms with Crippen LogP contribution in [0.4, 0.5) is 30.7 Å². The van der Waals surface area contributed by atoms with Crippen LogP contribution < -0.4 is 74.4 Å². The molecule has 0 aliphatic carbocycles. The maximum atomic E-state index is 13.7. The third-order valence-electron chi connectivity index (χ3n) is 2.43. The Morgan fingerprint density at radius 3 is 1.38 bits per heavy atom. The second-order valence-electron chi connectivity index (χ2n) is 3.86. The van der Waals surface area contributed by atoms with Gasteiger partial charge in [-0.05, 0) is 6.07 Å². The van der Waals surface area contributed by atoms with Gasteiger partial charge < -0.3 is 4.32 Å². The first kappa shape index (κ1) is 20.8. The zero-order valence-corrected chi connectivity index (χ0v) is 16.6. The van der Waals surface area contributed by atoms with Crippen molar-refractivity contribution in [2.75, 3.05) is 0 Å². The van der Waals surface area contributed by atoms with Crippen molar-refractivity contribution >= 4 is 11.9 Å². The summed E-state index contributed by atoms with van der Waals surface area (Å²) in [5.41, 5.74) is -4.81. The van der Waals surface area contributed by atoms with Crippen LogP contribution in [0.15, 0.2) is 18.2 Å². The minimum absolute atomic E-state index is 0. The fraction of sp³-hybridized carbons (Fsp3) is 0.200. The Morgan fingerprint density at radius 2 is 1.14 bits per heavy atom. The Bertz CT molecular complexity index is 566. The molecular weight excluding hydrogens is 425 g/mol. The number of nitriles is 2. The molecule has 1 aromatic rings. The average molecular weight is 428 g/mol. The minimum Gasteiger partial charge on any atom is -0.476 e. The molecule has 0 bridgehead atoms. The minimum atomic E-state index is -5.17. The van der Waals surface area contributed by atoms with Crippen LogP contribution in [-0.2, 0) is 12.4 Å². The van der Waals surface area contributed by atoms with E-state index in [1.165, 1.54) is 0 Å². The van der Waals surface area contributed by atoms with Crippen LogP contribution in [0.25, 0.3) is 0 Å². The van der Waals surface area contributed by atoms with E-state index in [-0.39, 0.29) is 87.1 Å². The molecule has 0 spiro atoms. The molecule has 0 N–H and O–H groups in total. The fourth-order valence-corrected chi connectivity index (χ4v) is 1.39. The van der Waals surface area contributed by atoms with Crippen LogP contribution in [0.1, 0.15) is 11.1 Å².